The summed E-state index contributed by atoms with van der Waals surface area (Å²) in [7, 11) is 0. The number of benzene rings is 2. The summed E-state index contributed by atoms with van der Waals surface area (Å²) >= 11 is 0. The standard InChI is InChI=1S/C22H18F3NO2/c1-13(27)26-20-12-19(15-6-4-7-16(11-15)22(23,24)25)18-10-9-14-5-2-3-8-17(14)21(18)28-20/h2-8,11-12,19H,9-10H2,1H3,(H,26,27). The van der Waals surface area contributed by atoms with E-state index in [1.54, 1.807) is 12.1 Å². The predicted molar refractivity (Wildman–Crippen MR) is 98.9 cm³/mol. The van der Waals surface area contributed by atoms with E-state index in [-0.39, 0.29) is 11.8 Å². The van der Waals surface area contributed by atoms with E-state index in [2.05, 4.69) is 5.32 Å². The number of nitrogens with one attached hydrogen (secondary N) is 1. The van der Waals surface area contributed by atoms with Gasteiger partial charge in [0.2, 0.25) is 5.91 Å². The number of carbonyl (C=O) groups excluding carboxylic acids is 1. The lowest BCUT2D eigenvalue weighted by atomic mass is 9.79. The van der Waals surface area contributed by atoms with Gasteiger partial charge in [-0.2, -0.15) is 13.2 Å². The van der Waals surface area contributed by atoms with Crippen LogP contribution in [0.2, 0.25) is 0 Å². The molecule has 144 valence electrons. The molecule has 0 saturated heterocycles. The lowest BCUT2D eigenvalue weighted by Gasteiger charge is -2.32. The zero-order valence-corrected chi connectivity index (χ0v) is 15.1. The first-order valence-electron chi connectivity index (χ1n) is 8.98. The number of fused-ring (bicyclic) bond motifs is 2. The number of halogens is 3. The second-order valence-corrected chi connectivity index (χ2v) is 6.93. The molecule has 1 unspecified atom stereocenters. The molecule has 0 aromatic heterocycles. The van der Waals surface area contributed by atoms with E-state index in [1.165, 1.54) is 19.1 Å². The number of ether oxygens (including phenoxy) is 1. The van der Waals surface area contributed by atoms with Crippen molar-refractivity contribution in [2.24, 2.45) is 0 Å². The van der Waals surface area contributed by atoms with E-state index in [1.807, 2.05) is 24.3 Å². The number of amides is 1. The topological polar surface area (TPSA) is 38.3 Å². The Kier molecular flexibility index (Phi) is 4.49. The Hall–Kier alpha value is -3.02. The third-order valence-electron chi connectivity index (χ3n) is 5.00. The molecule has 6 heteroatoms. The van der Waals surface area contributed by atoms with Gasteiger partial charge in [0.15, 0.2) is 5.88 Å². The van der Waals surface area contributed by atoms with E-state index in [4.69, 9.17) is 4.74 Å². The molecule has 0 bridgehead atoms. The quantitative estimate of drug-likeness (QED) is 0.776. The third kappa shape index (κ3) is 3.42. The zero-order chi connectivity index (χ0) is 19.9. The van der Waals surface area contributed by atoms with Crippen LogP contribution >= 0.6 is 0 Å². The molecule has 1 amide bonds. The fourth-order valence-electron chi connectivity index (χ4n) is 3.78. The average Bonchev–Trinajstić information content (AvgIpc) is 2.66. The van der Waals surface area contributed by atoms with Crippen molar-refractivity contribution in [2.45, 2.75) is 31.9 Å². The van der Waals surface area contributed by atoms with Gasteiger partial charge in [-0.3, -0.25) is 10.1 Å². The molecule has 1 aliphatic heterocycles. The van der Waals surface area contributed by atoms with Crippen LogP contribution in [0.15, 0.2) is 66.1 Å². The first kappa shape index (κ1) is 18.3. The number of carbonyl (C=O) groups is 1. The molecule has 1 heterocycles. The van der Waals surface area contributed by atoms with Crippen molar-refractivity contribution in [3.05, 3.63) is 88.3 Å². The molecule has 0 spiro atoms. The Bertz CT molecular complexity index is 1000. The van der Waals surface area contributed by atoms with Crippen molar-refractivity contribution in [3.63, 3.8) is 0 Å². The summed E-state index contributed by atoms with van der Waals surface area (Å²) in [6, 6.07) is 13.1. The lowest BCUT2D eigenvalue weighted by Crippen LogP contribution is -2.26. The lowest BCUT2D eigenvalue weighted by molar-refractivity contribution is -0.137. The molecule has 4 rings (SSSR count). The number of aryl methyl sites for hydroxylation is 1. The molecule has 3 nitrogen and oxygen atoms in total. The highest BCUT2D eigenvalue weighted by atomic mass is 19.4. The zero-order valence-electron chi connectivity index (χ0n) is 15.1. The van der Waals surface area contributed by atoms with Gasteiger partial charge in [-0.15, -0.1) is 0 Å². The van der Waals surface area contributed by atoms with Crippen LogP contribution in [0.5, 0.6) is 0 Å². The maximum atomic E-state index is 13.2. The highest BCUT2D eigenvalue weighted by Gasteiger charge is 2.34. The van der Waals surface area contributed by atoms with Crippen molar-refractivity contribution in [2.75, 3.05) is 0 Å². The summed E-state index contributed by atoms with van der Waals surface area (Å²) in [5, 5.41) is 2.63. The van der Waals surface area contributed by atoms with Crippen LogP contribution in [0.4, 0.5) is 13.2 Å². The summed E-state index contributed by atoms with van der Waals surface area (Å²) < 4.78 is 45.6. The molecule has 0 radical (unpaired) electrons. The van der Waals surface area contributed by atoms with E-state index >= 15 is 0 Å². The minimum absolute atomic E-state index is 0.241. The summed E-state index contributed by atoms with van der Waals surface area (Å²) in [5.41, 5.74) is 2.79. The second kappa shape index (κ2) is 6.86. The van der Waals surface area contributed by atoms with Crippen LogP contribution in [0.25, 0.3) is 5.76 Å². The normalized spacial score (nSPS) is 18.6. The first-order valence-corrected chi connectivity index (χ1v) is 8.98. The molecular weight excluding hydrogens is 367 g/mol. The van der Waals surface area contributed by atoms with Crippen molar-refractivity contribution >= 4 is 11.7 Å². The fraction of sp³-hybridized carbons (Fsp3) is 0.227. The first-order chi connectivity index (χ1) is 13.3. The highest BCUT2D eigenvalue weighted by molar-refractivity contribution is 5.77. The van der Waals surface area contributed by atoms with E-state index < -0.39 is 17.7 Å². The molecule has 1 atom stereocenters. The number of hydrogen-bond donors (Lipinski definition) is 1. The minimum atomic E-state index is -4.41. The van der Waals surface area contributed by atoms with Gasteiger partial charge < -0.3 is 4.74 Å². The van der Waals surface area contributed by atoms with Crippen LogP contribution in [0, 0.1) is 0 Å². The van der Waals surface area contributed by atoms with Gasteiger partial charge in [-0.05, 0) is 41.7 Å². The summed E-state index contributed by atoms with van der Waals surface area (Å²) in [5.74, 6) is 0.157. The van der Waals surface area contributed by atoms with Crippen molar-refractivity contribution in [1.29, 1.82) is 0 Å². The van der Waals surface area contributed by atoms with Gasteiger partial charge in [0.05, 0.1) is 5.56 Å². The molecule has 28 heavy (non-hydrogen) atoms. The van der Waals surface area contributed by atoms with Gasteiger partial charge in [0, 0.05) is 18.4 Å². The van der Waals surface area contributed by atoms with Gasteiger partial charge in [-0.1, -0.05) is 42.5 Å². The minimum Gasteiger partial charge on any atom is -0.441 e. The van der Waals surface area contributed by atoms with Crippen molar-refractivity contribution < 1.29 is 22.7 Å². The van der Waals surface area contributed by atoms with Gasteiger partial charge in [-0.25, -0.2) is 0 Å². The Balaban J connectivity index is 1.84. The average molecular weight is 385 g/mol. The second-order valence-electron chi connectivity index (χ2n) is 6.93. The SMILES string of the molecule is CC(=O)NC1=CC(c2cccc(C(F)(F)F)c2)C2=C(O1)c1ccccc1CC2. The van der Waals surface area contributed by atoms with Crippen LogP contribution < -0.4 is 5.32 Å². The molecule has 2 aromatic rings. The van der Waals surface area contributed by atoms with E-state index in [9.17, 15) is 18.0 Å². The Morgan fingerprint density at radius 2 is 1.89 bits per heavy atom. The van der Waals surface area contributed by atoms with Crippen LogP contribution in [-0.4, -0.2) is 5.91 Å². The Morgan fingerprint density at radius 1 is 1.11 bits per heavy atom. The van der Waals surface area contributed by atoms with Gasteiger partial charge in [0.25, 0.3) is 0 Å². The maximum Gasteiger partial charge on any atom is 0.416 e. The molecule has 2 aromatic carbocycles. The largest absolute Gasteiger partial charge is 0.441 e. The predicted octanol–water partition coefficient (Wildman–Crippen LogP) is 5.15. The number of allylic oxidation sites excluding steroid dienone is 2. The Labute approximate surface area is 160 Å². The van der Waals surface area contributed by atoms with E-state index in [0.717, 1.165) is 29.2 Å². The molecule has 0 saturated carbocycles. The summed E-state index contributed by atoms with van der Waals surface area (Å²) in [6.07, 6.45) is -1.26. The number of rotatable bonds is 2. The summed E-state index contributed by atoms with van der Waals surface area (Å²) in [4.78, 5) is 11.5. The molecular formula is C22H18F3NO2. The van der Waals surface area contributed by atoms with E-state index in [0.29, 0.717) is 17.7 Å². The van der Waals surface area contributed by atoms with Gasteiger partial charge in [0.1, 0.15) is 5.76 Å². The highest BCUT2D eigenvalue weighted by Crippen LogP contribution is 2.45. The molecule has 1 aliphatic carbocycles. The van der Waals surface area contributed by atoms with Crippen LogP contribution in [-0.2, 0) is 22.1 Å². The smallest absolute Gasteiger partial charge is 0.416 e. The molecule has 2 aliphatic rings. The molecule has 1 N–H and O–H groups in total. The van der Waals surface area contributed by atoms with Crippen LogP contribution in [0.1, 0.15) is 41.5 Å². The Morgan fingerprint density at radius 3 is 2.64 bits per heavy atom. The van der Waals surface area contributed by atoms with Crippen molar-refractivity contribution in [3.8, 4) is 0 Å². The van der Waals surface area contributed by atoms with Crippen LogP contribution in [0.3, 0.4) is 0 Å². The molecule has 0 fully saturated rings. The number of hydrogen-bond acceptors (Lipinski definition) is 2. The van der Waals surface area contributed by atoms with Crippen molar-refractivity contribution in [1.82, 2.24) is 5.32 Å². The fourth-order valence-corrected chi connectivity index (χ4v) is 3.78. The maximum absolute atomic E-state index is 13.2. The third-order valence-corrected chi connectivity index (χ3v) is 5.00. The summed E-state index contributed by atoms with van der Waals surface area (Å²) in [6.45, 7) is 1.36. The monoisotopic (exact) mass is 385 g/mol. The van der Waals surface area contributed by atoms with Gasteiger partial charge >= 0.3 is 6.18 Å². The number of alkyl halides is 3.